The number of carbonyl (C=O) groups is 2. The third kappa shape index (κ3) is 4.14. The standard InChI is InChI=1S/C17H28N2O3/c20-16(21)14-6-8-15(9-7-14)18-17(22)19(11-13-4-5-13)10-12-2-1-3-12/h12-15H,1-11H2,(H,18,22)(H,20,21). The van der Waals surface area contributed by atoms with Crippen LogP contribution in [-0.4, -0.2) is 41.1 Å². The monoisotopic (exact) mass is 308 g/mol. The summed E-state index contributed by atoms with van der Waals surface area (Å²) in [6, 6.07) is 0.240. The number of hydrogen-bond donors (Lipinski definition) is 2. The van der Waals surface area contributed by atoms with E-state index in [0.29, 0.717) is 24.7 Å². The third-order valence-corrected chi connectivity index (χ3v) is 5.57. The summed E-state index contributed by atoms with van der Waals surface area (Å²) < 4.78 is 0. The summed E-state index contributed by atoms with van der Waals surface area (Å²) in [4.78, 5) is 25.6. The van der Waals surface area contributed by atoms with E-state index in [1.165, 1.54) is 32.1 Å². The van der Waals surface area contributed by atoms with E-state index < -0.39 is 5.97 Å². The molecule has 22 heavy (non-hydrogen) atoms. The van der Waals surface area contributed by atoms with Gasteiger partial charge in [0.05, 0.1) is 5.92 Å². The fraction of sp³-hybridized carbons (Fsp3) is 0.882. The SMILES string of the molecule is O=C(O)C1CCC(NC(=O)N(CC2CCC2)CC2CC2)CC1. The van der Waals surface area contributed by atoms with Crippen LogP contribution < -0.4 is 5.32 Å². The second-order valence-electron chi connectivity index (χ2n) is 7.48. The molecule has 0 aliphatic heterocycles. The van der Waals surface area contributed by atoms with E-state index in [-0.39, 0.29) is 18.0 Å². The molecule has 0 unspecified atom stereocenters. The van der Waals surface area contributed by atoms with Gasteiger partial charge in [0.1, 0.15) is 0 Å². The zero-order valence-corrected chi connectivity index (χ0v) is 13.3. The van der Waals surface area contributed by atoms with Crippen molar-refractivity contribution >= 4 is 12.0 Å². The van der Waals surface area contributed by atoms with Gasteiger partial charge in [-0.15, -0.1) is 0 Å². The molecule has 5 nitrogen and oxygen atoms in total. The number of nitrogens with zero attached hydrogens (tertiary/aromatic N) is 1. The first-order valence-corrected chi connectivity index (χ1v) is 8.90. The highest BCUT2D eigenvalue weighted by atomic mass is 16.4. The minimum Gasteiger partial charge on any atom is -0.481 e. The minimum atomic E-state index is -0.690. The molecule has 0 aromatic heterocycles. The highest BCUT2D eigenvalue weighted by Gasteiger charge is 2.32. The van der Waals surface area contributed by atoms with Gasteiger partial charge in [-0.1, -0.05) is 6.42 Å². The van der Waals surface area contributed by atoms with Crippen molar-refractivity contribution in [1.29, 1.82) is 0 Å². The van der Waals surface area contributed by atoms with Gasteiger partial charge in [-0.25, -0.2) is 4.79 Å². The second kappa shape index (κ2) is 6.88. The molecule has 0 bridgehead atoms. The van der Waals surface area contributed by atoms with Crippen LogP contribution >= 0.6 is 0 Å². The number of urea groups is 1. The van der Waals surface area contributed by atoms with Crippen molar-refractivity contribution in [3.05, 3.63) is 0 Å². The first-order valence-electron chi connectivity index (χ1n) is 8.90. The Bertz CT molecular complexity index is 410. The van der Waals surface area contributed by atoms with Crippen molar-refractivity contribution in [2.75, 3.05) is 13.1 Å². The number of carboxylic acids is 1. The van der Waals surface area contributed by atoms with Gasteiger partial charge in [-0.05, 0) is 63.2 Å². The molecular weight excluding hydrogens is 280 g/mol. The Hall–Kier alpha value is -1.26. The van der Waals surface area contributed by atoms with Crippen molar-refractivity contribution in [3.8, 4) is 0 Å². The van der Waals surface area contributed by atoms with Crippen LogP contribution in [0, 0.1) is 17.8 Å². The fourth-order valence-electron chi connectivity index (χ4n) is 3.59. The maximum atomic E-state index is 12.6. The number of carboxylic acid groups (broad SMARTS) is 1. The quantitative estimate of drug-likeness (QED) is 0.792. The Balaban J connectivity index is 1.46. The summed E-state index contributed by atoms with van der Waals surface area (Å²) in [5.41, 5.74) is 0. The van der Waals surface area contributed by atoms with Crippen molar-refractivity contribution < 1.29 is 14.7 Å². The number of nitrogens with one attached hydrogen (secondary N) is 1. The fourth-order valence-corrected chi connectivity index (χ4v) is 3.59. The molecule has 3 fully saturated rings. The van der Waals surface area contributed by atoms with E-state index in [9.17, 15) is 9.59 Å². The van der Waals surface area contributed by atoms with Crippen LogP contribution in [0.1, 0.15) is 57.8 Å². The van der Waals surface area contributed by atoms with Crippen molar-refractivity contribution in [2.24, 2.45) is 17.8 Å². The van der Waals surface area contributed by atoms with E-state index in [2.05, 4.69) is 5.32 Å². The van der Waals surface area contributed by atoms with Gasteiger partial charge in [0.2, 0.25) is 0 Å². The van der Waals surface area contributed by atoms with E-state index in [1.54, 1.807) is 0 Å². The van der Waals surface area contributed by atoms with E-state index in [1.807, 2.05) is 4.90 Å². The van der Waals surface area contributed by atoms with Crippen LogP contribution in [-0.2, 0) is 4.79 Å². The molecule has 3 saturated carbocycles. The first kappa shape index (κ1) is 15.6. The summed E-state index contributed by atoms with van der Waals surface area (Å²) in [5.74, 6) is 0.511. The van der Waals surface area contributed by atoms with Crippen LogP contribution in [0.15, 0.2) is 0 Å². The van der Waals surface area contributed by atoms with Crippen LogP contribution in [0.3, 0.4) is 0 Å². The van der Waals surface area contributed by atoms with Crippen LogP contribution in [0.25, 0.3) is 0 Å². The molecule has 3 aliphatic rings. The van der Waals surface area contributed by atoms with Crippen LogP contribution in [0.2, 0.25) is 0 Å². The molecule has 3 aliphatic carbocycles. The molecule has 0 radical (unpaired) electrons. The van der Waals surface area contributed by atoms with Gasteiger partial charge in [0.15, 0.2) is 0 Å². The average molecular weight is 308 g/mol. The summed E-state index contributed by atoms with van der Waals surface area (Å²) >= 11 is 0. The van der Waals surface area contributed by atoms with Crippen LogP contribution in [0.4, 0.5) is 4.79 Å². The van der Waals surface area contributed by atoms with Gasteiger partial charge in [0.25, 0.3) is 0 Å². The Morgan fingerprint density at radius 1 is 0.909 bits per heavy atom. The lowest BCUT2D eigenvalue weighted by Gasteiger charge is -2.34. The normalized spacial score (nSPS) is 28.7. The van der Waals surface area contributed by atoms with E-state index >= 15 is 0 Å². The lowest BCUT2D eigenvalue weighted by atomic mass is 9.85. The molecule has 0 atom stereocenters. The second-order valence-corrected chi connectivity index (χ2v) is 7.48. The molecule has 0 aromatic carbocycles. The maximum Gasteiger partial charge on any atom is 0.317 e. The van der Waals surface area contributed by atoms with Gasteiger partial charge in [0, 0.05) is 19.1 Å². The zero-order chi connectivity index (χ0) is 15.5. The summed E-state index contributed by atoms with van der Waals surface area (Å²) in [6.45, 7) is 1.82. The third-order valence-electron chi connectivity index (χ3n) is 5.57. The Morgan fingerprint density at radius 3 is 1.95 bits per heavy atom. The smallest absolute Gasteiger partial charge is 0.317 e. The number of carbonyl (C=O) groups excluding carboxylic acids is 1. The van der Waals surface area contributed by atoms with E-state index in [0.717, 1.165) is 25.9 Å². The van der Waals surface area contributed by atoms with Crippen molar-refractivity contribution in [2.45, 2.75) is 63.8 Å². The molecule has 2 amide bonds. The summed E-state index contributed by atoms with van der Waals surface area (Å²) in [5, 5.41) is 12.2. The van der Waals surface area contributed by atoms with Crippen molar-refractivity contribution in [1.82, 2.24) is 10.2 Å². The Morgan fingerprint density at radius 2 is 1.50 bits per heavy atom. The largest absolute Gasteiger partial charge is 0.481 e. The molecular formula is C17H28N2O3. The lowest BCUT2D eigenvalue weighted by Crippen LogP contribution is -2.49. The van der Waals surface area contributed by atoms with Crippen LogP contribution in [0.5, 0.6) is 0 Å². The van der Waals surface area contributed by atoms with Gasteiger partial charge >= 0.3 is 12.0 Å². The number of aliphatic carboxylic acids is 1. The van der Waals surface area contributed by atoms with Gasteiger partial charge in [-0.3, -0.25) is 4.79 Å². The Labute approximate surface area is 132 Å². The molecule has 0 aromatic rings. The highest BCUT2D eigenvalue weighted by molar-refractivity contribution is 5.75. The highest BCUT2D eigenvalue weighted by Crippen LogP contribution is 2.32. The topological polar surface area (TPSA) is 69.6 Å². The molecule has 2 N–H and O–H groups in total. The van der Waals surface area contributed by atoms with Gasteiger partial charge < -0.3 is 15.3 Å². The summed E-state index contributed by atoms with van der Waals surface area (Å²) in [6.07, 6.45) is 9.32. The molecule has 0 saturated heterocycles. The predicted octanol–water partition coefficient (Wildman–Crippen LogP) is 2.85. The number of rotatable bonds is 6. The molecule has 5 heteroatoms. The maximum absolute atomic E-state index is 12.6. The molecule has 3 rings (SSSR count). The first-order chi connectivity index (χ1) is 10.6. The zero-order valence-electron chi connectivity index (χ0n) is 13.3. The lowest BCUT2D eigenvalue weighted by molar-refractivity contribution is -0.142. The molecule has 0 spiro atoms. The Kier molecular flexibility index (Phi) is 4.89. The van der Waals surface area contributed by atoms with Crippen molar-refractivity contribution in [3.63, 3.8) is 0 Å². The molecule has 0 heterocycles. The number of hydrogen-bond acceptors (Lipinski definition) is 2. The summed E-state index contributed by atoms with van der Waals surface area (Å²) in [7, 11) is 0. The molecule has 124 valence electrons. The van der Waals surface area contributed by atoms with E-state index in [4.69, 9.17) is 5.11 Å². The average Bonchev–Trinajstić information content (AvgIpc) is 3.25. The predicted molar refractivity (Wildman–Crippen MR) is 83.6 cm³/mol. The minimum absolute atomic E-state index is 0.0811. The van der Waals surface area contributed by atoms with Gasteiger partial charge in [-0.2, -0.15) is 0 Å². The number of amides is 2.